The predicted molar refractivity (Wildman–Crippen MR) is 143 cm³/mol. The molecule has 2 heterocycles. The lowest BCUT2D eigenvalue weighted by Gasteiger charge is -2.29. The van der Waals surface area contributed by atoms with Gasteiger partial charge in [0, 0.05) is 23.8 Å². The topological polar surface area (TPSA) is 124 Å². The summed E-state index contributed by atoms with van der Waals surface area (Å²) >= 11 is 0. The zero-order valence-corrected chi connectivity index (χ0v) is 23.1. The lowest BCUT2D eigenvalue weighted by Crippen LogP contribution is -2.41. The number of halogens is 1. The quantitative estimate of drug-likeness (QED) is 0.455. The van der Waals surface area contributed by atoms with Crippen LogP contribution in [-0.4, -0.2) is 48.8 Å². The van der Waals surface area contributed by atoms with Crippen LogP contribution >= 0.6 is 0 Å². The Kier molecular flexibility index (Phi) is 8.57. The standard InChI is InChI=1S/C28H36FN7O3/c1-17-12-20(8-11-23(17)29)15-30-26(37)24-14-21(13-18(2)31-24)25-33-35-36(34-25)16-19-6-9-22(10-7-19)32-27(38)39-28(3,4)5/h8,11-14,19,22H,6-7,9-10,15-16H2,1-5H3,(H,30,37)(H,32,38)/t19-,22-. The van der Waals surface area contributed by atoms with Gasteiger partial charge in [0.1, 0.15) is 17.1 Å². The number of nitrogens with zero attached hydrogens (tertiary/aromatic N) is 5. The summed E-state index contributed by atoms with van der Waals surface area (Å²) in [6.07, 6.45) is 3.23. The number of nitrogens with one attached hydrogen (secondary N) is 2. The first kappa shape index (κ1) is 28.1. The molecule has 39 heavy (non-hydrogen) atoms. The Morgan fingerprint density at radius 3 is 2.54 bits per heavy atom. The largest absolute Gasteiger partial charge is 0.444 e. The molecule has 2 N–H and O–H groups in total. The van der Waals surface area contributed by atoms with Crippen LogP contribution in [0.25, 0.3) is 11.4 Å². The smallest absolute Gasteiger partial charge is 0.407 e. The molecule has 3 aromatic rings. The van der Waals surface area contributed by atoms with Gasteiger partial charge in [-0.2, -0.15) is 4.80 Å². The van der Waals surface area contributed by atoms with E-state index in [0.29, 0.717) is 35.1 Å². The first-order valence-corrected chi connectivity index (χ1v) is 13.2. The van der Waals surface area contributed by atoms with Gasteiger partial charge in [-0.15, -0.1) is 10.2 Å². The maximum atomic E-state index is 13.5. The van der Waals surface area contributed by atoms with Gasteiger partial charge in [0.25, 0.3) is 5.91 Å². The molecule has 2 aromatic heterocycles. The van der Waals surface area contributed by atoms with Crippen molar-refractivity contribution in [1.82, 2.24) is 35.8 Å². The highest BCUT2D eigenvalue weighted by molar-refractivity contribution is 5.93. The summed E-state index contributed by atoms with van der Waals surface area (Å²) in [6.45, 7) is 9.92. The Morgan fingerprint density at radius 1 is 1.10 bits per heavy atom. The molecule has 1 saturated carbocycles. The van der Waals surface area contributed by atoms with Gasteiger partial charge in [-0.05, 0) is 101 Å². The minimum absolute atomic E-state index is 0.104. The second-order valence-electron chi connectivity index (χ2n) is 11.2. The number of hydrogen-bond donors (Lipinski definition) is 2. The number of ether oxygens (including phenoxy) is 1. The number of hydrogen-bond acceptors (Lipinski definition) is 7. The van der Waals surface area contributed by atoms with Crippen LogP contribution in [0, 0.1) is 25.6 Å². The normalized spacial score (nSPS) is 17.5. The number of carbonyl (C=O) groups excluding carboxylic acids is 2. The molecule has 1 aliphatic carbocycles. The van der Waals surface area contributed by atoms with E-state index < -0.39 is 5.60 Å². The number of aromatic nitrogens is 5. The number of pyridine rings is 1. The van der Waals surface area contributed by atoms with E-state index in [4.69, 9.17) is 4.74 Å². The zero-order chi connectivity index (χ0) is 28.2. The molecule has 0 radical (unpaired) electrons. The van der Waals surface area contributed by atoms with Crippen molar-refractivity contribution < 1.29 is 18.7 Å². The van der Waals surface area contributed by atoms with E-state index in [1.807, 2.05) is 26.8 Å². The molecule has 0 bridgehead atoms. The van der Waals surface area contributed by atoms with Crippen LogP contribution in [0.4, 0.5) is 9.18 Å². The summed E-state index contributed by atoms with van der Waals surface area (Å²) in [5, 5.41) is 18.8. The van der Waals surface area contributed by atoms with Crippen LogP contribution in [0.1, 0.15) is 73.8 Å². The number of rotatable bonds is 7. The van der Waals surface area contributed by atoms with Gasteiger partial charge in [-0.25, -0.2) is 14.2 Å². The summed E-state index contributed by atoms with van der Waals surface area (Å²) in [6, 6.07) is 8.30. The molecule has 0 spiro atoms. The molecule has 2 amide bonds. The van der Waals surface area contributed by atoms with Crippen molar-refractivity contribution in [3.05, 3.63) is 58.7 Å². The SMILES string of the molecule is Cc1cc(-c2nnn(C[C@H]3CC[C@H](NC(=O)OC(C)(C)C)CC3)n2)cc(C(=O)NCc2ccc(F)c(C)c2)n1. The van der Waals surface area contributed by atoms with Gasteiger partial charge in [0.15, 0.2) is 0 Å². The van der Waals surface area contributed by atoms with E-state index in [2.05, 4.69) is 31.0 Å². The summed E-state index contributed by atoms with van der Waals surface area (Å²) in [5.41, 5.74) is 2.37. The first-order chi connectivity index (χ1) is 18.4. The van der Waals surface area contributed by atoms with E-state index in [-0.39, 0.29) is 36.1 Å². The van der Waals surface area contributed by atoms with E-state index in [1.54, 1.807) is 36.8 Å². The molecular weight excluding hydrogens is 501 g/mol. The van der Waals surface area contributed by atoms with Gasteiger partial charge in [0.05, 0.1) is 6.54 Å². The van der Waals surface area contributed by atoms with Crippen LogP contribution in [0.3, 0.4) is 0 Å². The van der Waals surface area contributed by atoms with Gasteiger partial charge < -0.3 is 15.4 Å². The average Bonchev–Trinajstić information content (AvgIpc) is 3.33. The Hall–Kier alpha value is -3.89. The van der Waals surface area contributed by atoms with Crippen molar-refractivity contribution in [1.29, 1.82) is 0 Å². The number of benzene rings is 1. The number of tetrazole rings is 1. The Bertz CT molecular complexity index is 1330. The molecule has 1 fully saturated rings. The van der Waals surface area contributed by atoms with Crippen molar-refractivity contribution in [2.24, 2.45) is 5.92 Å². The third kappa shape index (κ3) is 8.05. The molecule has 1 aliphatic rings. The highest BCUT2D eigenvalue weighted by atomic mass is 19.1. The van der Waals surface area contributed by atoms with E-state index in [9.17, 15) is 14.0 Å². The number of alkyl carbamates (subject to hydrolysis) is 1. The lowest BCUT2D eigenvalue weighted by atomic mass is 9.86. The van der Waals surface area contributed by atoms with Gasteiger partial charge in [-0.1, -0.05) is 12.1 Å². The number of carbonyl (C=O) groups is 2. The second kappa shape index (κ2) is 11.9. The van der Waals surface area contributed by atoms with Crippen LogP contribution in [0.15, 0.2) is 30.3 Å². The summed E-state index contributed by atoms with van der Waals surface area (Å²) in [7, 11) is 0. The van der Waals surface area contributed by atoms with Crippen LogP contribution in [0.5, 0.6) is 0 Å². The van der Waals surface area contributed by atoms with Crippen LogP contribution < -0.4 is 10.6 Å². The Labute approximate surface area is 227 Å². The Morgan fingerprint density at radius 2 is 1.85 bits per heavy atom. The van der Waals surface area contributed by atoms with Crippen LogP contribution in [-0.2, 0) is 17.8 Å². The fraction of sp³-hybridized carbons (Fsp3) is 0.500. The zero-order valence-electron chi connectivity index (χ0n) is 23.1. The monoisotopic (exact) mass is 537 g/mol. The minimum Gasteiger partial charge on any atom is -0.444 e. The average molecular weight is 538 g/mol. The fourth-order valence-corrected chi connectivity index (χ4v) is 4.63. The molecule has 0 unspecified atom stereocenters. The van der Waals surface area contributed by atoms with Gasteiger partial charge in [0.2, 0.25) is 5.82 Å². The molecule has 11 heteroatoms. The maximum Gasteiger partial charge on any atom is 0.407 e. The second-order valence-corrected chi connectivity index (χ2v) is 11.2. The Balaban J connectivity index is 1.32. The minimum atomic E-state index is -0.515. The molecule has 10 nitrogen and oxygen atoms in total. The van der Waals surface area contributed by atoms with Gasteiger partial charge in [-0.3, -0.25) is 4.79 Å². The van der Waals surface area contributed by atoms with Crippen LogP contribution in [0.2, 0.25) is 0 Å². The number of aryl methyl sites for hydroxylation is 2. The van der Waals surface area contributed by atoms with Crippen molar-refractivity contribution in [3.63, 3.8) is 0 Å². The number of amides is 2. The third-order valence-electron chi connectivity index (χ3n) is 6.56. The summed E-state index contributed by atoms with van der Waals surface area (Å²) < 4.78 is 18.9. The predicted octanol–water partition coefficient (Wildman–Crippen LogP) is 4.50. The van der Waals surface area contributed by atoms with Crippen molar-refractivity contribution in [2.45, 2.75) is 85.0 Å². The van der Waals surface area contributed by atoms with Crippen molar-refractivity contribution >= 4 is 12.0 Å². The lowest BCUT2D eigenvalue weighted by molar-refractivity contribution is 0.0485. The maximum absolute atomic E-state index is 13.5. The molecule has 1 aromatic carbocycles. The van der Waals surface area contributed by atoms with Gasteiger partial charge >= 0.3 is 6.09 Å². The summed E-state index contributed by atoms with van der Waals surface area (Å²) in [5.74, 6) is 0.174. The summed E-state index contributed by atoms with van der Waals surface area (Å²) in [4.78, 5) is 30.8. The van der Waals surface area contributed by atoms with Crippen molar-refractivity contribution in [3.8, 4) is 11.4 Å². The van der Waals surface area contributed by atoms with Crippen molar-refractivity contribution in [2.75, 3.05) is 0 Å². The van der Waals surface area contributed by atoms with E-state index in [1.165, 1.54) is 6.07 Å². The highest BCUT2D eigenvalue weighted by Crippen LogP contribution is 2.26. The molecule has 208 valence electrons. The molecule has 0 aliphatic heterocycles. The van der Waals surface area contributed by atoms with E-state index >= 15 is 0 Å². The fourth-order valence-electron chi connectivity index (χ4n) is 4.63. The third-order valence-corrected chi connectivity index (χ3v) is 6.56. The first-order valence-electron chi connectivity index (χ1n) is 13.2. The van der Waals surface area contributed by atoms with E-state index in [0.717, 1.165) is 31.2 Å². The highest BCUT2D eigenvalue weighted by Gasteiger charge is 2.25. The molecule has 0 atom stereocenters. The molecule has 4 rings (SSSR count). The molecule has 0 saturated heterocycles. The molecular formula is C28H36FN7O3.